The molecule has 2 aliphatic rings. The molecule has 1 aliphatic heterocycles. The number of aromatic carboxylic acids is 1. The number of anilines is 2. The number of pyridine rings is 1. The monoisotopic (exact) mass is 478 g/mol. The molecular formula is C26H30N4O3S. The zero-order valence-corrected chi connectivity index (χ0v) is 20.0. The van der Waals surface area contributed by atoms with Gasteiger partial charge in [0.15, 0.2) is 0 Å². The van der Waals surface area contributed by atoms with Gasteiger partial charge in [-0.25, -0.2) is 9.78 Å². The molecule has 0 radical (unpaired) electrons. The maximum Gasteiger partial charge on any atom is 0.336 e. The number of thiophene rings is 1. The van der Waals surface area contributed by atoms with Gasteiger partial charge in [-0.05, 0) is 48.6 Å². The number of aromatic nitrogens is 1. The molecule has 2 N–H and O–H groups in total. The van der Waals surface area contributed by atoms with Crippen LogP contribution in [0.1, 0.15) is 47.3 Å². The summed E-state index contributed by atoms with van der Waals surface area (Å²) in [5.74, 6) is -0.404. The number of rotatable bonds is 6. The second-order valence-electron chi connectivity index (χ2n) is 9.18. The average molecular weight is 479 g/mol. The lowest BCUT2D eigenvalue weighted by Crippen LogP contribution is -2.51. The minimum absolute atomic E-state index is 0.126. The second-order valence-corrected chi connectivity index (χ2v) is 10.2. The van der Waals surface area contributed by atoms with Gasteiger partial charge in [-0.1, -0.05) is 25.3 Å². The van der Waals surface area contributed by atoms with Crippen molar-refractivity contribution in [1.82, 2.24) is 9.88 Å². The van der Waals surface area contributed by atoms with Crippen LogP contribution < -0.4 is 10.2 Å². The SMILES string of the molecule is O=C(Cc1cccs1)Nc1ccc2nc(N3CCN(C4CCCCC4)CC3)cc(C(=O)O)c2c1. The summed E-state index contributed by atoms with van der Waals surface area (Å²) >= 11 is 1.54. The van der Waals surface area contributed by atoms with Crippen LogP contribution in [0.2, 0.25) is 0 Å². The number of nitrogens with zero attached hydrogens (tertiary/aromatic N) is 3. The van der Waals surface area contributed by atoms with Gasteiger partial charge in [-0.3, -0.25) is 9.69 Å². The Morgan fingerprint density at radius 2 is 1.85 bits per heavy atom. The number of amides is 1. The van der Waals surface area contributed by atoms with Gasteiger partial charge in [-0.2, -0.15) is 0 Å². The van der Waals surface area contributed by atoms with Gasteiger partial charge in [0, 0.05) is 48.2 Å². The Morgan fingerprint density at radius 3 is 2.56 bits per heavy atom. The summed E-state index contributed by atoms with van der Waals surface area (Å²) in [7, 11) is 0. The summed E-state index contributed by atoms with van der Waals surface area (Å²) in [6.45, 7) is 3.68. The van der Waals surface area contributed by atoms with Crippen LogP contribution in [0.4, 0.5) is 11.5 Å². The molecule has 1 saturated carbocycles. The molecule has 34 heavy (non-hydrogen) atoms. The van der Waals surface area contributed by atoms with Crippen LogP contribution in [0.25, 0.3) is 10.9 Å². The van der Waals surface area contributed by atoms with E-state index in [1.54, 1.807) is 24.3 Å². The van der Waals surface area contributed by atoms with Crippen molar-refractivity contribution >= 4 is 45.6 Å². The Hall–Kier alpha value is -2.97. The highest BCUT2D eigenvalue weighted by Gasteiger charge is 2.26. The minimum Gasteiger partial charge on any atom is -0.478 e. The molecule has 2 fully saturated rings. The number of benzene rings is 1. The minimum atomic E-state index is -0.989. The van der Waals surface area contributed by atoms with Crippen LogP contribution in [0.5, 0.6) is 0 Å². The third-order valence-electron chi connectivity index (χ3n) is 6.95. The van der Waals surface area contributed by atoms with Crippen LogP contribution >= 0.6 is 11.3 Å². The van der Waals surface area contributed by atoms with Crippen LogP contribution in [-0.4, -0.2) is 59.1 Å². The molecule has 8 heteroatoms. The number of carbonyl (C=O) groups excluding carboxylic acids is 1. The first kappa shape index (κ1) is 22.8. The van der Waals surface area contributed by atoms with E-state index in [-0.39, 0.29) is 11.5 Å². The van der Waals surface area contributed by atoms with Gasteiger partial charge < -0.3 is 15.3 Å². The number of hydrogen-bond donors (Lipinski definition) is 2. The number of carboxylic acids is 1. The van der Waals surface area contributed by atoms with Crippen LogP contribution in [0, 0.1) is 0 Å². The van der Waals surface area contributed by atoms with E-state index in [0.717, 1.165) is 31.1 Å². The van der Waals surface area contributed by atoms with Gasteiger partial charge in [0.25, 0.3) is 0 Å². The Bertz CT molecular complexity index is 1170. The molecule has 3 aromatic rings. The first-order valence-corrected chi connectivity index (χ1v) is 12.9. The van der Waals surface area contributed by atoms with Crippen LogP contribution in [-0.2, 0) is 11.2 Å². The third-order valence-corrected chi connectivity index (χ3v) is 7.83. The lowest BCUT2D eigenvalue weighted by Gasteiger charge is -2.41. The van der Waals surface area contributed by atoms with E-state index in [2.05, 4.69) is 15.1 Å². The summed E-state index contributed by atoms with van der Waals surface area (Å²) in [4.78, 5) is 35.1. The van der Waals surface area contributed by atoms with Crippen molar-refractivity contribution < 1.29 is 14.7 Å². The number of fused-ring (bicyclic) bond motifs is 1. The highest BCUT2D eigenvalue weighted by Crippen LogP contribution is 2.28. The molecule has 0 unspecified atom stereocenters. The quantitative estimate of drug-likeness (QED) is 0.537. The summed E-state index contributed by atoms with van der Waals surface area (Å²) in [5.41, 5.74) is 1.41. The molecule has 3 heterocycles. The fourth-order valence-electron chi connectivity index (χ4n) is 5.17. The fraction of sp³-hybridized carbons (Fsp3) is 0.423. The Labute approximate surface area is 203 Å². The van der Waals surface area contributed by atoms with E-state index in [1.165, 1.54) is 43.4 Å². The zero-order valence-electron chi connectivity index (χ0n) is 19.2. The lowest BCUT2D eigenvalue weighted by molar-refractivity contribution is -0.115. The van der Waals surface area contributed by atoms with Crippen molar-refractivity contribution in [2.75, 3.05) is 36.4 Å². The molecule has 2 aromatic heterocycles. The molecule has 0 spiro atoms. The topological polar surface area (TPSA) is 85.8 Å². The summed E-state index contributed by atoms with van der Waals surface area (Å²) in [5, 5.41) is 15.3. The lowest BCUT2D eigenvalue weighted by atomic mass is 9.94. The van der Waals surface area contributed by atoms with Crippen molar-refractivity contribution in [3.63, 3.8) is 0 Å². The predicted octanol–water partition coefficient (Wildman–Crippen LogP) is 4.63. The smallest absolute Gasteiger partial charge is 0.336 e. The van der Waals surface area contributed by atoms with Crippen molar-refractivity contribution in [2.45, 2.75) is 44.6 Å². The molecule has 178 valence electrons. The number of hydrogen-bond acceptors (Lipinski definition) is 6. The Kier molecular flexibility index (Phi) is 6.78. The van der Waals surface area contributed by atoms with E-state index in [1.807, 2.05) is 17.5 Å². The maximum atomic E-state index is 12.4. The first-order valence-electron chi connectivity index (χ1n) is 12.1. The molecular weight excluding hydrogens is 448 g/mol. The number of carboxylic acid groups (broad SMARTS) is 1. The molecule has 0 atom stereocenters. The molecule has 1 saturated heterocycles. The highest BCUT2D eigenvalue weighted by molar-refractivity contribution is 7.10. The standard InChI is InChI=1S/C26H30N4O3S/c31-25(16-20-7-4-14-34-20)27-18-8-9-23-21(15-18)22(26(32)33)17-24(28-23)30-12-10-29(11-13-30)19-5-2-1-3-6-19/h4,7-9,14-15,17,19H,1-3,5-6,10-13,16H2,(H,27,31)(H,32,33). The molecule has 1 aliphatic carbocycles. The second kappa shape index (κ2) is 10.1. The van der Waals surface area contributed by atoms with E-state index >= 15 is 0 Å². The van der Waals surface area contributed by atoms with E-state index in [0.29, 0.717) is 34.9 Å². The van der Waals surface area contributed by atoms with Crippen molar-refractivity contribution in [2.24, 2.45) is 0 Å². The van der Waals surface area contributed by atoms with Crippen LogP contribution in [0.3, 0.4) is 0 Å². The Balaban J connectivity index is 1.32. The number of piperazine rings is 1. The number of carbonyl (C=O) groups is 2. The maximum absolute atomic E-state index is 12.4. The van der Waals surface area contributed by atoms with Gasteiger partial charge in [0.05, 0.1) is 17.5 Å². The van der Waals surface area contributed by atoms with Gasteiger partial charge >= 0.3 is 5.97 Å². The van der Waals surface area contributed by atoms with Gasteiger partial charge in [0.1, 0.15) is 5.82 Å². The molecule has 1 amide bonds. The van der Waals surface area contributed by atoms with Gasteiger partial charge in [-0.15, -0.1) is 11.3 Å². The summed E-state index contributed by atoms with van der Waals surface area (Å²) in [6.07, 6.45) is 6.90. The largest absolute Gasteiger partial charge is 0.478 e. The normalized spacial score (nSPS) is 17.7. The first-order chi connectivity index (χ1) is 16.6. The molecule has 1 aromatic carbocycles. The average Bonchev–Trinajstić information content (AvgIpc) is 3.37. The van der Waals surface area contributed by atoms with Crippen molar-refractivity contribution in [1.29, 1.82) is 0 Å². The van der Waals surface area contributed by atoms with Crippen molar-refractivity contribution in [3.8, 4) is 0 Å². The molecule has 7 nitrogen and oxygen atoms in total. The van der Waals surface area contributed by atoms with Crippen molar-refractivity contribution in [3.05, 3.63) is 52.2 Å². The fourth-order valence-corrected chi connectivity index (χ4v) is 5.87. The zero-order chi connectivity index (χ0) is 23.5. The highest BCUT2D eigenvalue weighted by atomic mass is 32.1. The van der Waals surface area contributed by atoms with E-state index in [4.69, 9.17) is 4.98 Å². The van der Waals surface area contributed by atoms with Gasteiger partial charge in [0.2, 0.25) is 5.91 Å². The Morgan fingerprint density at radius 1 is 1.06 bits per heavy atom. The van der Waals surface area contributed by atoms with E-state index in [9.17, 15) is 14.7 Å². The third kappa shape index (κ3) is 5.08. The predicted molar refractivity (Wildman–Crippen MR) is 136 cm³/mol. The molecule has 5 rings (SSSR count). The summed E-state index contributed by atoms with van der Waals surface area (Å²) < 4.78 is 0. The number of nitrogens with one attached hydrogen (secondary N) is 1. The molecule has 0 bridgehead atoms. The van der Waals surface area contributed by atoms with E-state index < -0.39 is 5.97 Å². The van der Waals surface area contributed by atoms with Crippen LogP contribution in [0.15, 0.2) is 41.8 Å². The summed E-state index contributed by atoms with van der Waals surface area (Å²) in [6, 6.07) is 11.5.